The van der Waals surface area contributed by atoms with Gasteiger partial charge in [0.1, 0.15) is 5.75 Å². The van der Waals surface area contributed by atoms with E-state index in [0.717, 1.165) is 24.2 Å². The average molecular weight is 417 g/mol. The van der Waals surface area contributed by atoms with E-state index in [0.29, 0.717) is 25.9 Å². The molecular weight excluding hydrogens is 388 g/mol. The summed E-state index contributed by atoms with van der Waals surface area (Å²) in [5, 5.41) is 2.97. The van der Waals surface area contributed by atoms with Gasteiger partial charge in [-0.2, -0.15) is 4.31 Å². The maximum Gasteiger partial charge on any atom is 0.243 e. The first-order chi connectivity index (χ1) is 14.0. The molecule has 6 nitrogen and oxygen atoms in total. The van der Waals surface area contributed by atoms with Crippen molar-refractivity contribution in [3.8, 4) is 5.75 Å². The molecule has 7 heteroatoms. The van der Waals surface area contributed by atoms with Crippen molar-refractivity contribution in [1.29, 1.82) is 0 Å². The number of ether oxygens (including phenoxy) is 1. The van der Waals surface area contributed by atoms with Crippen LogP contribution >= 0.6 is 0 Å². The van der Waals surface area contributed by atoms with Crippen LogP contribution in [0.15, 0.2) is 59.5 Å². The summed E-state index contributed by atoms with van der Waals surface area (Å²) in [6.07, 6.45) is 3.06. The number of hydrogen-bond acceptors (Lipinski definition) is 4. The Morgan fingerprint density at radius 2 is 1.97 bits per heavy atom. The van der Waals surface area contributed by atoms with E-state index in [1.54, 1.807) is 37.4 Å². The van der Waals surface area contributed by atoms with Crippen LogP contribution in [0.5, 0.6) is 5.75 Å². The number of piperidine rings is 1. The lowest BCUT2D eigenvalue weighted by atomic mass is 9.99. The Balaban J connectivity index is 1.49. The largest absolute Gasteiger partial charge is 0.497 e. The Hall–Kier alpha value is -2.38. The Bertz CT molecular complexity index is 915. The number of methoxy groups -OCH3 is 1. The SMILES string of the molecule is COc1cccc(CCCNC(=O)[C@@H]2CCCN(S(=O)(=O)c3ccccc3)C2)c1. The third-order valence-corrected chi connectivity index (χ3v) is 7.09. The van der Waals surface area contributed by atoms with Crippen molar-refractivity contribution >= 4 is 15.9 Å². The van der Waals surface area contributed by atoms with Crippen molar-refractivity contribution in [3.63, 3.8) is 0 Å². The number of benzene rings is 2. The van der Waals surface area contributed by atoms with Gasteiger partial charge in [-0.3, -0.25) is 4.79 Å². The van der Waals surface area contributed by atoms with Crippen LogP contribution in [0.4, 0.5) is 0 Å². The van der Waals surface area contributed by atoms with Gasteiger partial charge in [0.2, 0.25) is 15.9 Å². The minimum Gasteiger partial charge on any atom is -0.497 e. The molecular formula is C22H28N2O4S. The fourth-order valence-electron chi connectivity index (χ4n) is 3.59. The highest BCUT2D eigenvalue weighted by atomic mass is 32.2. The summed E-state index contributed by atoms with van der Waals surface area (Å²) < 4.78 is 32.3. The van der Waals surface area contributed by atoms with E-state index in [2.05, 4.69) is 5.32 Å². The smallest absolute Gasteiger partial charge is 0.243 e. The van der Waals surface area contributed by atoms with Gasteiger partial charge in [-0.05, 0) is 55.5 Å². The number of rotatable bonds is 8. The van der Waals surface area contributed by atoms with Crippen LogP contribution in [0.1, 0.15) is 24.8 Å². The third kappa shape index (κ3) is 5.58. The van der Waals surface area contributed by atoms with Crippen molar-refractivity contribution in [3.05, 3.63) is 60.2 Å². The first-order valence-corrected chi connectivity index (χ1v) is 11.4. The molecule has 1 aliphatic rings. The van der Waals surface area contributed by atoms with Crippen LogP contribution in [0, 0.1) is 5.92 Å². The maximum atomic E-state index is 12.8. The van der Waals surface area contributed by atoms with E-state index in [1.165, 1.54) is 4.31 Å². The fraction of sp³-hybridized carbons (Fsp3) is 0.409. The molecule has 1 aliphatic heterocycles. The Morgan fingerprint density at radius 1 is 1.17 bits per heavy atom. The second-order valence-corrected chi connectivity index (χ2v) is 9.20. The van der Waals surface area contributed by atoms with Crippen molar-refractivity contribution in [2.75, 3.05) is 26.7 Å². The second-order valence-electron chi connectivity index (χ2n) is 7.26. The normalized spacial score (nSPS) is 17.6. The van der Waals surface area contributed by atoms with Crippen LogP contribution in [-0.4, -0.2) is 45.4 Å². The van der Waals surface area contributed by atoms with Gasteiger partial charge in [0, 0.05) is 19.6 Å². The fourth-order valence-corrected chi connectivity index (χ4v) is 5.14. The topological polar surface area (TPSA) is 75.7 Å². The molecule has 1 atom stereocenters. The summed E-state index contributed by atoms with van der Waals surface area (Å²) in [6, 6.07) is 16.3. The third-order valence-electron chi connectivity index (χ3n) is 5.21. The van der Waals surface area contributed by atoms with Crippen LogP contribution in [-0.2, 0) is 21.2 Å². The van der Waals surface area contributed by atoms with Gasteiger partial charge in [0.25, 0.3) is 0 Å². The number of nitrogens with zero attached hydrogens (tertiary/aromatic N) is 1. The number of sulfonamides is 1. The molecule has 0 bridgehead atoms. The molecule has 0 aromatic heterocycles. The summed E-state index contributed by atoms with van der Waals surface area (Å²) in [7, 11) is -1.91. The highest BCUT2D eigenvalue weighted by Gasteiger charge is 2.33. The summed E-state index contributed by atoms with van der Waals surface area (Å²) in [6.45, 7) is 1.26. The molecule has 1 N–H and O–H groups in total. The van der Waals surface area contributed by atoms with E-state index >= 15 is 0 Å². The predicted molar refractivity (Wildman–Crippen MR) is 112 cm³/mol. The number of hydrogen-bond donors (Lipinski definition) is 1. The molecule has 1 saturated heterocycles. The van der Waals surface area contributed by atoms with Gasteiger partial charge < -0.3 is 10.1 Å². The summed E-state index contributed by atoms with van der Waals surface area (Å²) in [5.74, 6) is 0.455. The number of nitrogens with one attached hydrogen (secondary N) is 1. The van der Waals surface area contributed by atoms with E-state index in [1.807, 2.05) is 24.3 Å². The molecule has 1 amide bonds. The lowest BCUT2D eigenvalue weighted by Gasteiger charge is -2.31. The van der Waals surface area contributed by atoms with E-state index in [9.17, 15) is 13.2 Å². The molecule has 2 aromatic carbocycles. The number of carbonyl (C=O) groups excluding carboxylic acids is 1. The van der Waals surface area contributed by atoms with Crippen molar-refractivity contribution in [1.82, 2.24) is 9.62 Å². The zero-order valence-electron chi connectivity index (χ0n) is 16.7. The van der Waals surface area contributed by atoms with Gasteiger partial charge in [0.15, 0.2) is 0 Å². The minimum atomic E-state index is -3.55. The van der Waals surface area contributed by atoms with Crippen LogP contribution in [0.3, 0.4) is 0 Å². The number of amides is 1. The molecule has 1 fully saturated rings. The van der Waals surface area contributed by atoms with Crippen LogP contribution in [0.2, 0.25) is 0 Å². The van der Waals surface area contributed by atoms with Crippen molar-refractivity contribution in [2.24, 2.45) is 5.92 Å². The Labute approximate surface area is 172 Å². The number of aryl methyl sites for hydroxylation is 1. The minimum absolute atomic E-state index is 0.0661. The zero-order chi connectivity index (χ0) is 20.7. The van der Waals surface area contributed by atoms with Gasteiger partial charge >= 0.3 is 0 Å². The Morgan fingerprint density at radius 3 is 2.72 bits per heavy atom. The molecule has 0 spiro atoms. The van der Waals surface area contributed by atoms with E-state index < -0.39 is 10.0 Å². The monoisotopic (exact) mass is 416 g/mol. The van der Waals surface area contributed by atoms with Crippen LogP contribution < -0.4 is 10.1 Å². The molecule has 0 aliphatic carbocycles. The molecule has 0 saturated carbocycles. The van der Waals surface area contributed by atoms with Gasteiger partial charge in [-0.15, -0.1) is 0 Å². The summed E-state index contributed by atoms with van der Waals surface area (Å²) >= 11 is 0. The second kappa shape index (κ2) is 9.89. The number of carbonyl (C=O) groups is 1. The van der Waals surface area contributed by atoms with E-state index in [4.69, 9.17) is 4.74 Å². The molecule has 3 rings (SSSR count). The standard InChI is InChI=1S/C22H28N2O4S/c1-28-20-11-5-8-18(16-20)9-6-14-23-22(25)19-10-7-15-24(17-19)29(26,27)21-12-3-2-4-13-21/h2-5,8,11-13,16,19H,6-7,9-10,14-15,17H2,1H3,(H,23,25)/t19-/m1/s1. The van der Waals surface area contributed by atoms with E-state index in [-0.39, 0.29) is 23.3 Å². The predicted octanol–water partition coefficient (Wildman–Crippen LogP) is 2.84. The lowest BCUT2D eigenvalue weighted by molar-refractivity contribution is -0.126. The summed E-state index contributed by atoms with van der Waals surface area (Å²) in [4.78, 5) is 12.8. The average Bonchev–Trinajstić information content (AvgIpc) is 2.77. The quantitative estimate of drug-likeness (QED) is 0.672. The maximum absolute atomic E-state index is 12.8. The first-order valence-electron chi connectivity index (χ1n) is 9.96. The van der Waals surface area contributed by atoms with Gasteiger partial charge in [0.05, 0.1) is 17.9 Å². The summed E-state index contributed by atoms with van der Waals surface area (Å²) in [5.41, 5.74) is 1.16. The Kier molecular flexibility index (Phi) is 7.28. The van der Waals surface area contributed by atoms with Gasteiger partial charge in [-0.1, -0.05) is 30.3 Å². The highest BCUT2D eigenvalue weighted by molar-refractivity contribution is 7.89. The molecule has 29 heavy (non-hydrogen) atoms. The molecule has 1 heterocycles. The molecule has 0 unspecified atom stereocenters. The zero-order valence-corrected chi connectivity index (χ0v) is 17.5. The van der Waals surface area contributed by atoms with Gasteiger partial charge in [-0.25, -0.2) is 8.42 Å². The van der Waals surface area contributed by atoms with Crippen LogP contribution in [0.25, 0.3) is 0 Å². The van der Waals surface area contributed by atoms with Crippen molar-refractivity contribution in [2.45, 2.75) is 30.6 Å². The first kappa shape index (κ1) is 21.3. The molecule has 156 valence electrons. The van der Waals surface area contributed by atoms with Crippen molar-refractivity contribution < 1.29 is 17.9 Å². The highest BCUT2D eigenvalue weighted by Crippen LogP contribution is 2.23. The molecule has 2 aromatic rings. The lowest BCUT2D eigenvalue weighted by Crippen LogP contribution is -2.45. The molecule has 0 radical (unpaired) electrons.